The van der Waals surface area contributed by atoms with E-state index >= 15 is 0 Å². The third-order valence-corrected chi connectivity index (χ3v) is 2.84. The number of halogens is 2. The van der Waals surface area contributed by atoms with Crippen molar-refractivity contribution in [2.45, 2.75) is 19.6 Å². The maximum Gasteiger partial charge on any atom is 0.236 e. The molecule has 0 aliphatic heterocycles. The van der Waals surface area contributed by atoms with Crippen LogP contribution in [0.25, 0.3) is 0 Å². The van der Waals surface area contributed by atoms with E-state index in [0.717, 1.165) is 5.56 Å². The van der Waals surface area contributed by atoms with Crippen LogP contribution in [0.15, 0.2) is 12.1 Å². The second-order valence-corrected chi connectivity index (χ2v) is 6.00. The van der Waals surface area contributed by atoms with Crippen LogP contribution in [0.1, 0.15) is 16.7 Å². The Morgan fingerprint density at radius 3 is 2.36 bits per heavy atom. The highest BCUT2D eigenvalue weighted by atomic mass is 35.7. The quantitative estimate of drug-likeness (QED) is 0.740. The minimum atomic E-state index is -3.70. The molecule has 0 bridgehead atoms. The molecule has 0 heterocycles. The first-order chi connectivity index (χ1) is 6.29. The maximum atomic E-state index is 13.3. The highest BCUT2D eigenvalue weighted by Gasteiger charge is 2.14. The summed E-state index contributed by atoms with van der Waals surface area (Å²) < 4.78 is 34.9. The van der Waals surface area contributed by atoms with Gasteiger partial charge >= 0.3 is 0 Å². The third kappa shape index (κ3) is 2.96. The lowest BCUT2D eigenvalue weighted by Crippen LogP contribution is -2.01. The molecule has 0 amide bonds. The lowest BCUT2D eigenvalue weighted by molar-refractivity contribution is 0.596. The number of aryl methyl sites for hydroxylation is 2. The summed E-state index contributed by atoms with van der Waals surface area (Å²) in [6.45, 7) is 3.41. The molecule has 0 aliphatic carbocycles. The highest BCUT2D eigenvalue weighted by Crippen LogP contribution is 2.19. The third-order valence-electron chi connectivity index (χ3n) is 1.88. The molecule has 1 aromatic rings. The molecule has 5 heteroatoms. The lowest BCUT2D eigenvalue weighted by Gasteiger charge is -2.06. The highest BCUT2D eigenvalue weighted by molar-refractivity contribution is 8.13. The molecular weight excluding hydrogens is 227 g/mol. The average Bonchev–Trinajstić information content (AvgIpc) is 1.95. The van der Waals surface area contributed by atoms with E-state index in [4.69, 9.17) is 10.7 Å². The Balaban J connectivity index is 3.22. The predicted molar refractivity (Wildman–Crippen MR) is 54.4 cm³/mol. The molecule has 1 rings (SSSR count). The molecule has 0 saturated heterocycles. The zero-order valence-corrected chi connectivity index (χ0v) is 9.41. The summed E-state index contributed by atoms with van der Waals surface area (Å²) in [5.74, 6) is -0.987. The van der Waals surface area contributed by atoms with Crippen molar-refractivity contribution in [1.82, 2.24) is 0 Å². The van der Waals surface area contributed by atoms with E-state index in [1.807, 2.05) is 0 Å². The van der Waals surface area contributed by atoms with Crippen LogP contribution < -0.4 is 0 Å². The van der Waals surface area contributed by atoms with Crippen molar-refractivity contribution in [3.63, 3.8) is 0 Å². The van der Waals surface area contributed by atoms with Gasteiger partial charge in [-0.1, -0.05) is 6.07 Å². The molecule has 78 valence electrons. The van der Waals surface area contributed by atoms with Crippen molar-refractivity contribution in [1.29, 1.82) is 0 Å². The van der Waals surface area contributed by atoms with Crippen LogP contribution in [0.4, 0.5) is 4.39 Å². The first-order valence-corrected chi connectivity index (χ1v) is 6.45. The van der Waals surface area contributed by atoms with Gasteiger partial charge in [0.1, 0.15) is 5.82 Å². The summed E-state index contributed by atoms with van der Waals surface area (Å²) in [6, 6.07) is 3.02. The fourth-order valence-electron chi connectivity index (χ4n) is 1.30. The minimum absolute atomic E-state index is 0.144. The monoisotopic (exact) mass is 236 g/mol. The molecule has 0 saturated carbocycles. The zero-order chi connectivity index (χ0) is 10.9. The molecule has 0 aliphatic rings. The van der Waals surface area contributed by atoms with Gasteiger partial charge in [0.15, 0.2) is 0 Å². The Hall–Kier alpha value is -0.610. The Labute approximate surface area is 87.1 Å². The Morgan fingerprint density at radius 1 is 1.36 bits per heavy atom. The van der Waals surface area contributed by atoms with Crippen molar-refractivity contribution in [3.8, 4) is 0 Å². The summed E-state index contributed by atoms with van der Waals surface area (Å²) in [6.07, 6.45) is 0. The van der Waals surface area contributed by atoms with Crippen LogP contribution >= 0.6 is 10.7 Å². The molecule has 14 heavy (non-hydrogen) atoms. The van der Waals surface area contributed by atoms with Gasteiger partial charge in [0.2, 0.25) is 9.05 Å². The molecule has 0 fully saturated rings. The van der Waals surface area contributed by atoms with Gasteiger partial charge in [-0.3, -0.25) is 0 Å². The molecule has 0 aromatic heterocycles. The van der Waals surface area contributed by atoms with Crippen molar-refractivity contribution in [3.05, 3.63) is 34.6 Å². The molecular formula is C9H10ClFO2S. The van der Waals surface area contributed by atoms with Crippen LogP contribution in [0, 0.1) is 19.7 Å². The summed E-state index contributed by atoms with van der Waals surface area (Å²) in [5, 5.41) is 0. The summed E-state index contributed by atoms with van der Waals surface area (Å²) in [5.41, 5.74) is 1.51. The van der Waals surface area contributed by atoms with Gasteiger partial charge in [-0.05, 0) is 31.0 Å². The van der Waals surface area contributed by atoms with E-state index in [2.05, 4.69) is 0 Å². The normalized spacial score (nSPS) is 11.7. The second kappa shape index (κ2) is 3.87. The SMILES string of the molecule is Cc1cc(C)c(CS(=O)(=O)Cl)c(F)c1. The molecule has 0 atom stereocenters. The van der Waals surface area contributed by atoms with Crippen molar-refractivity contribution in [2.24, 2.45) is 0 Å². The maximum absolute atomic E-state index is 13.3. The molecule has 0 spiro atoms. The van der Waals surface area contributed by atoms with Gasteiger partial charge in [-0.2, -0.15) is 0 Å². The van der Waals surface area contributed by atoms with Crippen molar-refractivity contribution in [2.75, 3.05) is 0 Å². The van der Waals surface area contributed by atoms with E-state index in [0.29, 0.717) is 5.56 Å². The van der Waals surface area contributed by atoms with Crippen LogP contribution in [0.5, 0.6) is 0 Å². The lowest BCUT2D eigenvalue weighted by atomic mass is 10.1. The Bertz CT molecular complexity index is 431. The minimum Gasteiger partial charge on any atom is -0.212 e. The van der Waals surface area contributed by atoms with E-state index in [1.165, 1.54) is 6.07 Å². The first kappa shape index (κ1) is 11.5. The molecule has 1 aromatic carbocycles. The fraction of sp³-hybridized carbons (Fsp3) is 0.333. The van der Waals surface area contributed by atoms with Crippen molar-refractivity contribution < 1.29 is 12.8 Å². The van der Waals surface area contributed by atoms with E-state index in [-0.39, 0.29) is 5.56 Å². The largest absolute Gasteiger partial charge is 0.236 e. The Morgan fingerprint density at radius 2 is 1.93 bits per heavy atom. The summed E-state index contributed by atoms with van der Waals surface area (Å²) in [7, 11) is 1.35. The standard InChI is InChI=1S/C9H10ClFO2S/c1-6-3-7(2)8(9(11)4-6)5-14(10,12)13/h3-4H,5H2,1-2H3. The van der Waals surface area contributed by atoms with E-state index < -0.39 is 20.6 Å². The van der Waals surface area contributed by atoms with Crippen molar-refractivity contribution >= 4 is 19.7 Å². The summed E-state index contributed by atoms with van der Waals surface area (Å²) in [4.78, 5) is 0. The van der Waals surface area contributed by atoms with Gasteiger partial charge in [0.25, 0.3) is 0 Å². The smallest absolute Gasteiger partial charge is 0.212 e. The van der Waals surface area contributed by atoms with Gasteiger partial charge in [-0.15, -0.1) is 0 Å². The zero-order valence-electron chi connectivity index (χ0n) is 7.84. The van der Waals surface area contributed by atoms with Crippen LogP contribution in [-0.4, -0.2) is 8.42 Å². The number of hydrogen-bond donors (Lipinski definition) is 0. The first-order valence-electron chi connectivity index (χ1n) is 3.97. The van der Waals surface area contributed by atoms with E-state index in [1.54, 1.807) is 19.9 Å². The number of rotatable bonds is 2. The number of hydrogen-bond acceptors (Lipinski definition) is 2. The second-order valence-electron chi connectivity index (χ2n) is 3.23. The topological polar surface area (TPSA) is 34.1 Å². The number of benzene rings is 1. The van der Waals surface area contributed by atoms with Crippen LogP contribution in [0.3, 0.4) is 0 Å². The van der Waals surface area contributed by atoms with Crippen LogP contribution in [0.2, 0.25) is 0 Å². The van der Waals surface area contributed by atoms with Gasteiger partial charge in [0.05, 0.1) is 5.75 Å². The average molecular weight is 237 g/mol. The van der Waals surface area contributed by atoms with Gasteiger partial charge in [-0.25, -0.2) is 12.8 Å². The van der Waals surface area contributed by atoms with Gasteiger partial charge in [0, 0.05) is 16.2 Å². The molecule has 0 unspecified atom stereocenters. The molecule has 2 nitrogen and oxygen atoms in total. The summed E-state index contributed by atoms with van der Waals surface area (Å²) >= 11 is 0. The van der Waals surface area contributed by atoms with Crippen LogP contribution in [-0.2, 0) is 14.8 Å². The molecule has 0 N–H and O–H groups in total. The molecule has 0 radical (unpaired) electrons. The fourth-order valence-corrected chi connectivity index (χ4v) is 2.34. The predicted octanol–water partition coefficient (Wildman–Crippen LogP) is 2.51. The van der Waals surface area contributed by atoms with E-state index in [9.17, 15) is 12.8 Å². The van der Waals surface area contributed by atoms with Gasteiger partial charge < -0.3 is 0 Å². The Kier molecular flexibility index (Phi) is 3.17.